The summed E-state index contributed by atoms with van der Waals surface area (Å²) in [6.45, 7) is 6.46. The molecule has 74 heavy (non-hydrogen) atoms. The van der Waals surface area contributed by atoms with Crippen molar-refractivity contribution in [1.82, 2.24) is 0 Å². The Hall–Kier alpha value is -3.41. The normalized spacial score (nSPS) is 12.6. The molecule has 0 rings (SSSR count). The molecule has 0 saturated heterocycles. The fraction of sp³-hybridized carbons (Fsp3) is 0.750. The number of ether oxygens (including phenoxy) is 3. The lowest BCUT2D eigenvalue weighted by Gasteiger charge is -2.18. The van der Waals surface area contributed by atoms with Crippen molar-refractivity contribution in [1.29, 1.82) is 0 Å². The van der Waals surface area contributed by atoms with E-state index in [1.807, 2.05) is 0 Å². The van der Waals surface area contributed by atoms with Gasteiger partial charge in [0.2, 0.25) is 0 Å². The van der Waals surface area contributed by atoms with Gasteiger partial charge in [0.15, 0.2) is 6.10 Å². The van der Waals surface area contributed by atoms with Crippen LogP contribution >= 0.6 is 0 Å². The molecule has 0 bridgehead atoms. The molecule has 0 aromatic carbocycles. The summed E-state index contributed by atoms with van der Waals surface area (Å²) in [5, 5.41) is 0. The van der Waals surface area contributed by atoms with Gasteiger partial charge in [-0.1, -0.05) is 298 Å². The monoisotopic (exact) mass is 1030 g/mol. The molecule has 426 valence electrons. The summed E-state index contributed by atoms with van der Waals surface area (Å²) >= 11 is 0. The van der Waals surface area contributed by atoms with E-state index in [2.05, 4.69) is 106 Å². The Labute approximate surface area is 458 Å². The lowest BCUT2D eigenvalue weighted by Crippen LogP contribution is -2.30. The van der Waals surface area contributed by atoms with Gasteiger partial charge in [0.1, 0.15) is 13.2 Å². The van der Waals surface area contributed by atoms with E-state index in [1.54, 1.807) is 0 Å². The first-order valence-corrected chi connectivity index (χ1v) is 31.6. The van der Waals surface area contributed by atoms with Crippen LogP contribution in [0.5, 0.6) is 0 Å². The molecule has 0 aliphatic rings. The molecule has 0 saturated carbocycles. The van der Waals surface area contributed by atoms with Crippen LogP contribution in [0, 0.1) is 0 Å². The van der Waals surface area contributed by atoms with E-state index in [-0.39, 0.29) is 31.1 Å². The zero-order valence-electron chi connectivity index (χ0n) is 48.8. The van der Waals surface area contributed by atoms with E-state index in [9.17, 15) is 14.4 Å². The van der Waals surface area contributed by atoms with E-state index in [1.165, 1.54) is 141 Å². The Bertz CT molecular complexity index is 1420. The maximum absolute atomic E-state index is 12.8. The zero-order chi connectivity index (χ0) is 53.6. The predicted octanol–water partition coefficient (Wildman–Crippen LogP) is 21.5. The standard InChI is InChI=1S/C68H118O6/c1-4-7-10-13-15-17-19-21-23-25-27-29-31-33-34-35-37-38-40-42-44-46-48-50-52-55-58-61-67(70)73-64-65(63-72-66(69)60-57-54-12-9-6-3)74-68(71)62-59-56-53-51-49-47-45-43-41-39-36-32-30-28-26-24-22-20-18-16-14-11-8-5-2/h7,10,15,17,21,23,27,29,33-34,37-38,42,44,65H,4-6,8-9,11-14,16,18-20,22,24-26,28,30-32,35-36,39-41,43,45-64H2,1-3H3/b10-7-,17-15-,23-21-,29-27-,34-33-,38-37-,44-42-. The van der Waals surface area contributed by atoms with Gasteiger partial charge < -0.3 is 14.2 Å². The molecule has 0 amide bonds. The molecule has 0 radical (unpaired) electrons. The largest absolute Gasteiger partial charge is 0.462 e. The lowest BCUT2D eigenvalue weighted by molar-refractivity contribution is -0.167. The van der Waals surface area contributed by atoms with Crippen LogP contribution in [0.15, 0.2) is 85.1 Å². The summed E-state index contributed by atoms with van der Waals surface area (Å²) in [5.74, 6) is -0.904. The minimum absolute atomic E-state index is 0.0813. The van der Waals surface area contributed by atoms with Crippen LogP contribution in [0.1, 0.15) is 310 Å². The van der Waals surface area contributed by atoms with Crippen molar-refractivity contribution in [2.75, 3.05) is 13.2 Å². The molecule has 1 atom stereocenters. The topological polar surface area (TPSA) is 78.9 Å². The number of rotatable bonds is 57. The highest BCUT2D eigenvalue weighted by molar-refractivity contribution is 5.71. The summed E-state index contributed by atoms with van der Waals surface area (Å²) in [6, 6.07) is 0. The first kappa shape index (κ1) is 70.6. The average molecular weight is 1030 g/mol. The Morgan fingerprint density at radius 1 is 0.284 bits per heavy atom. The average Bonchev–Trinajstić information content (AvgIpc) is 3.40. The molecule has 0 aliphatic heterocycles. The third-order valence-corrected chi connectivity index (χ3v) is 13.7. The fourth-order valence-corrected chi connectivity index (χ4v) is 8.95. The summed E-state index contributed by atoms with van der Waals surface area (Å²) in [4.78, 5) is 37.9. The maximum Gasteiger partial charge on any atom is 0.306 e. The quantitative estimate of drug-likeness (QED) is 0.0261. The highest BCUT2D eigenvalue weighted by Gasteiger charge is 2.19. The minimum Gasteiger partial charge on any atom is -0.462 e. The lowest BCUT2D eigenvalue weighted by atomic mass is 10.0. The number of hydrogen-bond acceptors (Lipinski definition) is 6. The molecule has 1 unspecified atom stereocenters. The molecule has 6 heteroatoms. The minimum atomic E-state index is -0.780. The van der Waals surface area contributed by atoms with Crippen LogP contribution in [0.2, 0.25) is 0 Å². The van der Waals surface area contributed by atoms with Crippen molar-refractivity contribution in [3.8, 4) is 0 Å². The summed E-state index contributed by atoms with van der Waals surface area (Å²) < 4.78 is 16.8. The van der Waals surface area contributed by atoms with Crippen molar-refractivity contribution in [2.24, 2.45) is 0 Å². The maximum atomic E-state index is 12.8. The highest BCUT2D eigenvalue weighted by atomic mass is 16.6. The van der Waals surface area contributed by atoms with Gasteiger partial charge in [-0.2, -0.15) is 0 Å². The molecule has 0 spiro atoms. The van der Waals surface area contributed by atoms with Crippen molar-refractivity contribution in [3.05, 3.63) is 85.1 Å². The van der Waals surface area contributed by atoms with E-state index in [0.717, 1.165) is 128 Å². The third-order valence-electron chi connectivity index (χ3n) is 13.7. The molecule has 0 heterocycles. The molecule has 0 fully saturated rings. The smallest absolute Gasteiger partial charge is 0.306 e. The Morgan fingerprint density at radius 3 is 0.824 bits per heavy atom. The first-order valence-electron chi connectivity index (χ1n) is 31.6. The fourth-order valence-electron chi connectivity index (χ4n) is 8.95. The van der Waals surface area contributed by atoms with Crippen LogP contribution < -0.4 is 0 Å². The van der Waals surface area contributed by atoms with Gasteiger partial charge in [0, 0.05) is 19.3 Å². The predicted molar refractivity (Wildman–Crippen MR) is 321 cm³/mol. The number of esters is 3. The Kier molecular flexibility index (Phi) is 59.3. The van der Waals surface area contributed by atoms with E-state index < -0.39 is 6.10 Å². The Balaban J connectivity index is 4.09. The Morgan fingerprint density at radius 2 is 0.527 bits per heavy atom. The van der Waals surface area contributed by atoms with Crippen molar-refractivity contribution >= 4 is 17.9 Å². The van der Waals surface area contributed by atoms with Crippen LogP contribution in [0.3, 0.4) is 0 Å². The highest BCUT2D eigenvalue weighted by Crippen LogP contribution is 2.17. The zero-order valence-corrected chi connectivity index (χ0v) is 48.8. The van der Waals surface area contributed by atoms with Crippen molar-refractivity contribution < 1.29 is 28.6 Å². The van der Waals surface area contributed by atoms with Gasteiger partial charge in [-0.3, -0.25) is 14.4 Å². The van der Waals surface area contributed by atoms with Gasteiger partial charge in [0.25, 0.3) is 0 Å². The molecular weight excluding hydrogens is 913 g/mol. The van der Waals surface area contributed by atoms with E-state index in [4.69, 9.17) is 14.2 Å². The molecule has 0 N–H and O–H groups in total. The van der Waals surface area contributed by atoms with Gasteiger partial charge in [-0.05, 0) is 77.0 Å². The van der Waals surface area contributed by atoms with Crippen LogP contribution in [0.4, 0.5) is 0 Å². The van der Waals surface area contributed by atoms with E-state index >= 15 is 0 Å². The second kappa shape index (κ2) is 62.1. The number of hydrogen-bond donors (Lipinski definition) is 0. The number of carbonyl (C=O) groups is 3. The summed E-state index contributed by atoms with van der Waals surface area (Å²) in [6.07, 6.45) is 82.1. The van der Waals surface area contributed by atoms with Crippen LogP contribution in [-0.4, -0.2) is 37.2 Å². The van der Waals surface area contributed by atoms with E-state index in [0.29, 0.717) is 19.3 Å². The summed E-state index contributed by atoms with van der Waals surface area (Å²) in [7, 11) is 0. The van der Waals surface area contributed by atoms with Crippen molar-refractivity contribution in [2.45, 2.75) is 316 Å². The molecular formula is C68H118O6. The number of unbranched alkanes of at least 4 members (excludes halogenated alkanes) is 32. The molecule has 0 aromatic rings. The van der Waals surface area contributed by atoms with Gasteiger partial charge in [-0.25, -0.2) is 0 Å². The van der Waals surface area contributed by atoms with Crippen LogP contribution in [0.25, 0.3) is 0 Å². The number of allylic oxidation sites excluding steroid dienone is 14. The first-order chi connectivity index (χ1) is 36.5. The van der Waals surface area contributed by atoms with Crippen molar-refractivity contribution in [3.63, 3.8) is 0 Å². The second-order valence-electron chi connectivity index (χ2n) is 21.0. The van der Waals surface area contributed by atoms with Gasteiger partial charge >= 0.3 is 17.9 Å². The number of carbonyl (C=O) groups excluding carboxylic acids is 3. The van der Waals surface area contributed by atoms with Gasteiger partial charge in [0.05, 0.1) is 0 Å². The van der Waals surface area contributed by atoms with Gasteiger partial charge in [-0.15, -0.1) is 0 Å². The molecule has 0 aliphatic carbocycles. The SMILES string of the molecule is CC/C=C\C/C=C\C/C=C\C/C=C\C/C=C\C/C=C\C/C=C\CCCCCCCC(=O)OCC(COC(=O)CCCCCCC)OC(=O)CCCCCCCCCCCCCCCCCCCCCCCCCC. The van der Waals surface area contributed by atoms with Crippen LogP contribution in [-0.2, 0) is 28.6 Å². The molecule has 0 aromatic heterocycles. The second-order valence-corrected chi connectivity index (χ2v) is 21.0. The molecule has 6 nitrogen and oxygen atoms in total. The summed E-state index contributed by atoms with van der Waals surface area (Å²) in [5.41, 5.74) is 0. The third kappa shape index (κ3) is 59.5.